The molecule has 0 saturated carbocycles. The number of hydrogen-bond donors (Lipinski definition) is 0. The third kappa shape index (κ3) is 3.35. The topological polar surface area (TPSA) is 68.4 Å². The summed E-state index contributed by atoms with van der Waals surface area (Å²) in [6, 6.07) is 11.9. The van der Waals surface area contributed by atoms with Crippen LogP contribution in [0.1, 0.15) is 0 Å². The van der Waals surface area contributed by atoms with E-state index in [1.165, 1.54) is 26.4 Å². The number of hydrogen-bond acceptors (Lipinski definition) is 7. The molecule has 1 aliphatic heterocycles. The predicted molar refractivity (Wildman–Crippen MR) is 100 cm³/mol. The van der Waals surface area contributed by atoms with Crippen molar-refractivity contribution in [1.82, 2.24) is 24.7 Å². The molecular formula is C17H20N6O2S. The number of anilines is 1. The molecule has 0 unspecified atom stereocenters. The van der Waals surface area contributed by atoms with Crippen molar-refractivity contribution in [2.24, 2.45) is 0 Å². The van der Waals surface area contributed by atoms with Gasteiger partial charge in [0.1, 0.15) is 17.4 Å². The lowest BCUT2D eigenvalue weighted by molar-refractivity contribution is 0.191. The van der Waals surface area contributed by atoms with Gasteiger partial charge in [0.05, 0.1) is 7.11 Å². The number of piperazine rings is 1. The summed E-state index contributed by atoms with van der Waals surface area (Å²) >= 11 is 1.47. The monoisotopic (exact) mass is 372 g/mol. The summed E-state index contributed by atoms with van der Waals surface area (Å²) in [5.41, 5.74) is 0.983. The summed E-state index contributed by atoms with van der Waals surface area (Å²) < 4.78 is 7.97. The second kappa shape index (κ2) is 7.30. The van der Waals surface area contributed by atoms with E-state index in [0.29, 0.717) is 6.67 Å². The molecule has 3 heterocycles. The molecule has 0 spiro atoms. The maximum absolute atomic E-state index is 12.4. The van der Waals surface area contributed by atoms with E-state index >= 15 is 0 Å². The number of tetrazole rings is 1. The zero-order valence-corrected chi connectivity index (χ0v) is 15.3. The molecule has 0 atom stereocenters. The Labute approximate surface area is 154 Å². The van der Waals surface area contributed by atoms with Crippen molar-refractivity contribution in [2.45, 2.75) is 6.67 Å². The summed E-state index contributed by atoms with van der Waals surface area (Å²) in [5.74, 6) is 0.862. The molecule has 0 radical (unpaired) electrons. The van der Waals surface area contributed by atoms with Crippen LogP contribution in [-0.2, 0) is 6.67 Å². The van der Waals surface area contributed by atoms with Gasteiger partial charge in [-0.15, -0.1) is 11.3 Å². The number of ether oxygens (including phenoxy) is 1. The van der Waals surface area contributed by atoms with Gasteiger partial charge in [-0.25, -0.2) is 4.79 Å². The van der Waals surface area contributed by atoms with Crippen molar-refractivity contribution in [3.05, 3.63) is 52.3 Å². The van der Waals surface area contributed by atoms with Gasteiger partial charge in [-0.2, -0.15) is 9.36 Å². The Morgan fingerprint density at radius 3 is 2.50 bits per heavy atom. The molecule has 3 aromatic rings. The Kier molecular flexibility index (Phi) is 4.72. The first-order valence-corrected chi connectivity index (χ1v) is 9.30. The average molecular weight is 372 g/mol. The molecule has 1 saturated heterocycles. The largest absolute Gasteiger partial charge is 0.497 e. The fraction of sp³-hybridized carbons (Fsp3) is 0.353. The average Bonchev–Trinajstić information content (AvgIpc) is 3.33. The van der Waals surface area contributed by atoms with Crippen molar-refractivity contribution >= 4 is 17.0 Å². The van der Waals surface area contributed by atoms with Crippen molar-refractivity contribution < 1.29 is 4.74 Å². The van der Waals surface area contributed by atoms with E-state index in [1.807, 2.05) is 29.6 Å². The summed E-state index contributed by atoms with van der Waals surface area (Å²) in [6.07, 6.45) is 0. The number of aromatic nitrogens is 4. The Balaban J connectivity index is 1.37. The van der Waals surface area contributed by atoms with Crippen LogP contribution in [0.5, 0.6) is 5.75 Å². The molecule has 0 bridgehead atoms. The van der Waals surface area contributed by atoms with Gasteiger partial charge in [-0.3, -0.25) is 4.90 Å². The maximum atomic E-state index is 12.4. The van der Waals surface area contributed by atoms with E-state index in [0.717, 1.165) is 36.9 Å². The zero-order valence-electron chi connectivity index (χ0n) is 14.5. The van der Waals surface area contributed by atoms with Gasteiger partial charge in [0.2, 0.25) is 0 Å². The van der Waals surface area contributed by atoms with Gasteiger partial charge in [0.25, 0.3) is 0 Å². The van der Waals surface area contributed by atoms with Crippen LogP contribution in [0.15, 0.2) is 46.6 Å². The van der Waals surface area contributed by atoms with Gasteiger partial charge in [-0.1, -0.05) is 0 Å². The van der Waals surface area contributed by atoms with Crippen LogP contribution in [0.4, 0.5) is 5.69 Å². The number of thiophene rings is 1. The van der Waals surface area contributed by atoms with Crippen LogP contribution in [0.25, 0.3) is 5.00 Å². The highest BCUT2D eigenvalue weighted by atomic mass is 32.1. The molecule has 8 nitrogen and oxygen atoms in total. The first kappa shape index (κ1) is 16.8. The van der Waals surface area contributed by atoms with Gasteiger partial charge in [0.15, 0.2) is 0 Å². The normalized spacial score (nSPS) is 15.3. The first-order valence-electron chi connectivity index (χ1n) is 8.42. The van der Waals surface area contributed by atoms with E-state index in [4.69, 9.17) is 4.74 Å². The van der Waals surface area contributed by atoms with E-state index in [-0.39, 0.29) is 5.69 Å². The molecule has 1 aromatic carbocycles. The minimum atomic E-state index is -0.204. The highest BCUT2D eigenvalue weighted by Crippen LogP contribution is 2.20. The minimum Gasteiger partial charge on any atom is -0.497 e. The van der Waals surface area contributed by atoms with Crippen LogP contribution < -0.4 is 15.3 Å². The zero-order chi connectivity index (χ0) is 17.9. The van der Waals surface area contributed by atoms with Crippen molar-refractivity contribution in [3.8, 4) is 10.8 Å². The Bertz CT molecular complexity index is 894. The van der Waals surface area contributed by atoms with Crippen LogP contribution in [0.2, 0.25) is 0 Å². The Morgan fingerprint density at radius 1 is 1.08 bits per heavy atom. The van der Waals surface area contributed by atoms with Crippen molar-refractivity contribution in [1.29, 1.82) is 0 Å². The molecular weight excluding hydrogens is 352 g/mol. The lowest BCUT2D eigenvalue weighted by atomic mass is 10.2. The Hall–Kier alpha value is -2.65. The van der Waals surface area contributed by atoms with E-state index in [9.17, 15) is 4.79 Å². The molecule has 0 aliphatic carbocycles. The van der Waals surface area contributed by atoms with Gasteiger partial charge in [-0.05, 0) is 52.2 Å². The maximum Gasteiger partial charge on any atom is 0.370 e. The second-order valence-corrected chi connectivity index (χ2v) is 6.99. The molecule has 0 amide bonds. The van der Waals surface area contributed by atoms with Gasteiger partial charge >= 0.3 is 5.69 Å². The summed E-state index contributed by atoms with van der Waals surface area (Å²) in [6.45, 7) is 4.00. The first-order chi connectivity index (χ1) is 12.7. The van der Waals surface area contributed by atoms with Crippen LogP contribution in [0.3, 0.4) is 0 Å². The summed E-state index contributed by atoms with van der Waals surface area (Å²) in [5, 5.41) is 10.7. The lowest BCUT2D eigenvalue weighted by Gasteiger charge is -2.35. The fourth-order valence-corrected chi connectivity index (χ4v) is 3.69. The Morgan fingerprint density at radius 2 is 1.85 bits per heavy atom. The van der Waals surface area contributed by atoms with Crippen LogP contribution in [-0.4, -0.2) is 58.0 Å². The third-order valence-corrected chi connectivity index (χ3v) is 5.34. The fourth-order valence-electron chi connectivity index (χ4n) is 3.02. The second-order valence-electron chi connectivity index (χ2n) is 6.07. The molecule has 9 heteroatoms. The number of benzene rings is 1. The quantitative estimate of drug-likeness (QED) is 0.672. The van der Waals surface area contributed by atoms with Crippen LogP contribution in [0, 0.1) is 0 Å². The highest BCUT2D eigenvalue weighted by Gasteiger charge is 2.19. The SMILES string of the molecule is COc1ccc(N2CCN(Cn3nnn(-c4cccs4)c3=O)CC2)cc1. The van der Waals surface area contributed by atoms with Crippen molar-refractivity contribution in [2.75, 3.05) is 38.2 Å². The van der Waals surface area contributed by atoms with Crippen LogP contribution >= 0.6 is 11.3 Å². The molecule has 4 rings (SSSR count). The number of nitrogens with zero attached hydrogens (tertiary/aromatic N) is 6. The summed E-state index contributed by atoms with van der Waals surface area (Å²) in [7, 11) is 1.67. The smallest absolute Gasteiger partial charge is 0.370 e. The van der Waals surface area contributed by atoms with E-state index in [1.54, 1.807) is 7.11 Å². The molecule has 1 aliphatic rings. The minimum absolute atomic E-state index is 0.204. The molecule has 26 heavy (non-hydrogen) atoms. The lowest BCUT2D eigenvalue weighted by Crippen LogP contribution is -2.48. The van der Waals surface area contributed by atoms with Crippen molar-refractivity contribution in [3.63, 3.8) is 0 Å². The van der Waals surface area contributed by atoms with E-state index < -0.39 is 0 Å². The number of rotatable bonds is 5. The van der Waals surface area contributed by atoms with Gasteiger partial charge in [0, 0.05) is 31.9 Å². The third-order valence-electron chi connectivity index (χ3n) is 4.50. The molecule has 0 N–H and O–H groups in total. The molecule has 1 fully saturated rings. The summed E-state index contributed by atoms with van der Waals surface area (Å²) in [4.78, 5) is 17.0. The highest BCUT2D eigenvalue weighted by molar-refractivity contribution is 7.12. The molecule has 2 aromatic heterocycles. The number of methoxy groups -OCH3 is 1. The standard InChI is InChI=1S/C17H20N6O2S/c1-25-15-6-4-14(5-7-15)21-10-8-20(9-11-21)13-22-17(24)23(19-18-22)16-3-2-12-26-16/h2-7,12H,8-11,13H2,1H3. The van der Waals surface area contributed by atoms with Gasteiger partial charge < -0.3 is 9.64 Å². The molecule has 136 valence electrons. The predicted octanol–water partition coefficient (Wildman–Crippen LogP) is 1.28. The van der Waals surface area contributed by atoms with E-state index in [2.05, 4.69) is 32.4 Å².